The highest BCUT2D eigenvalue weighted by Gasteiger charge is 2.09. The van der Waals surface area contributed by atoms with Crippen LogP contribution < -0.4 is 5.32 Å². The van der Waals surface area contributed by atoms with E-state index in [9.17, 15) is 9.90 Å². The minimum absolute atomic E-state index is 0.0355. The van der Waals surface area contributed by atoms with Crippen molar-refractivity contribution in [2.24, 2.45) is 5.92 Å². The summed E-state index contributed by atoms with van der Waals surface area (Å²) in [5.41, 5.74) is 0. The zero-order valence-corrected chi connectivity index (χ0v) is 11.7. The Balaban J connectivity index is 2.18. The highest BCUT2D eigenvalue weighted by molar-refractivity contribution is 8.00. The molecule has 0 aliphatic carbocycles. The molecule has 1 rings (SSSR count). The van der Waals surface area contributed by atoms with Crippen LogP contribution in [0.3, 0.4) is 0 Å². The van der Waals surface area contributed by atoms with E-state index in [1.165, 1.54) is 11.8 Å². The maximum atomic E-state index is 11.6. The van der Waals surface area contributed by atoms with Crippen LogP contribution in [0.25, 0.3) is 0 Å². The van der Waals surface area contributed by atoms with Crippen LogP contribution in [0.4, 0.5) is 0 Å². The summed E-state index contributed by atoms with van der Waals surface area (Å²) in [6.07, 6.45) is 0.266. The van der Waals surface area contributed by atoms with E-state index in [0.717, 1.165) is 4.90 Å². The first kappa shape index (κ1) is 15.1. The molecule has 0 aliphatic heterocycles. The van der Waals surface area contributed by atoms with Crippen LogP contribution >= 0.6 is 11.8 Å². The Bertz CT molecular complexity index is 354. The van der Waals surface area contributed by atoms with Gasteiger partial charge in [-0.05, 0) is 24.5 Å². The van der Waals surface area contributed by atoms with Crippen molar-refractivity contribution in [1.29, 1.82) is 0 Å². The average molecular weight is 267 g/mol. The fourth-order valence-corrected chi connectivity index (χ4v) is 2.33. The third-order valence-electron chi connectivity index (χ3n) is 2.39. The Morgan fingerprint density at radius 3 is 2.61 bits per heavy atom. The van der Waals surface area contributed by atoms with Gasteiger partial charge in [0.2, 0.25) is 5.91 Å². The number of thioether (sulfide) groups is 1. The van der Waals surface area contributed by atoms with Gasteiger partial charge in [0.15, 0.2) is 0 Å². The van der Waals surface area contributed by atoms with E-state index in [2.05, 4.69) is 19.2 Å². The summed E-state index contributed by atoms with van der Waals surface area (Å²) in [5.74, 6) is 0.792. The van der Waals surface area contributed by atoms with Gasteiger partial charge in [-0.2, -0.15) is 0 Å². The van der Waals surface area contributed by atoms with Gasteiger partial charge < -0.3 is 10.4 Å². The van der Waals surface area contributed by atoms with E-state index >= 15 is 0 Å². The highest BCUT2D eigenvalue weighted by atomic mass is 32.2. The van der Waals surface area contributed by atoms with Crippen molar-refractivity contribution in [3.05, 3.63) is 30.3 Å². The molecular formula is C14H21NO2S. The summed E-state index contributed by atoms with van der Waals surface area (Å²) in [5, 5.41) is 12.4. The predicted molar refractivity (Wildman–Crippen MR) is 75.6 cm³/mol. The van der Waals surface area contributed by atoms with Gasteiger partial charge in [0, 0.05) is 11.4 Å². The summed E-state index contributed by atoms with van der Waals surface area (Å²) in [6, 6.07) is 9.81. The van der Waals surface area contributed by atoms with Gasteiger partial charge in [0.25, 0.3) is 0 Å². The normalized spacial score (nSPS) is 12.4. The summed E-state index contributed by atoms with van der Waals surface area (Å²) in [4.78, 5) is 12.6. The van der Waals surface area contributed by atoms with Gasteiger partial charge in [-0.15, -0.1) is 11.8 Å². The molecule has 0 aliphatic rings. The number of aliphatic hydroxyl groups excluding tert-OH is 1. The molecule has 0 bridgehead atoms. The molecule has 0 aromatic heterocycles. The van der Waals surface area contributed by atoms with Crippen molar-refractivity contribution in [3.8, 4) is 0 Å². The zero-order valence-electron chi connectivity index (χ0n) is 10.9. The number of rotatable bonds is 7. The Morgan fingerprint density at radius 2 is 2.00 bits per heavy atom. The van der Waals surface area contributed by atoms with Gasteiger partial charge >= 0.3 is 0 Å². The van der Waals surface area contributed by atoms with E-state index in [1.54, 1.807) is 0 Å². The Hall–Kier alpha value is -1.00. The van der Waals surface area contributed by atoms with Gasteiger partial charge in [0.1, 0.15) is 0 Å². The van der Waals surface area contributed by atoms with Gasteiger partial charge in [-0.1, -0.05) is 32.0 Å². The van der Waals surface area contributed by atoms with Crippen molar-refractivity contribution in [2.75, 3.05) is 12.3 Å². The first-order valence-corrected chi connectivity index (χ1v) is 7.19. The highest BCUT2D eigenvalue weighted by Crippen LogP contribution is 2.16. The molecule has 0 radical (unpaired) electrons. The SMILES string of the molecule is CC(C)CC(O)CNC(=O)CSc1ccccc1. The molecule has 1 atom stereocenters. The molecular weight excluding hydrogens is 246 g/mol. The first-order chi connectivity index (χ1) is 8.58. The monoisotopic (exact) mass is 267 g/mol. The number of carbonyl (C=O) groups is 1. The lowest BCUT2D eigenvalue weighted by Gasteiger charge is -2.13. The van der Waals surface area contributed by atoms with E-state index in [-0.39, 0.29) is 5.91 Å². The van der Waals surface area contributed by atoms with Crippen LogP contribution in [0.15, 0.2) is 35.2 Å². The topological polar surface area (TPSA) is 49.3 Å². The van der Waals surface area contributed by atoms with Crippen LogP contribution in [0.5, 0.6) is 0 Å². The molecule has 0 heterocycles. The smallest absolute Gasteiger partial charge is 0.230 e. The van der Waals surface area contributed by atoms with Crippen molar-refractivity contribution in [2.45, 2.75) is 31.3 Å². The van der Waals surface area contributed by atoms with Crippen molar-refractivity contribution >= 4 is 17.7 Å². The molecule has 0 fully saturated rings. The molecule has 2 N–H and O–H groups in total. The lowest BCUT2D eigenvalue weighted by molar-refractivity contribution is -0.119. The van der Waals surface area contributed by atoms with Crippen molar-refractivity contribution in [1.82, 2.24) is 5.32 Å². The fraction of sp³-hybridized carbons (Fsp3) is 0.500. The summed E-state index contributed by atoms with van der Waals surface area (Å²) >= 11 is 1.50. The van der Waals surface area contributed by atoms with Gasteiger partial charge in [0.05, 0.1) is 11.9 Å². The molecule has 0 spiro atoms. The molecule has 100 valence electrons. The third kappa shape index (κ3) is 6.67. The lowest BCUT2D eigenvalue weighted by atomic mass is 10.1. The number of benzene rings is 1. The molecule has 1 amide bonds. The molecule has 4 heteroatoms. The van der Waals surface area contributed by atoms with E-state index in [0.29, 0.717) is 24.6 Å². The molecule has 18 heavy (non-hydrogen) atoms. The van der Waals surface area contributed by atoms with E-state index in [4.69, 9.17) is 0 Å². The standard InChI is InChI=1S/C14H21NO2S/c1-11(2)8-12(16)9-15-14(17)10-18-13-6-4-3-5-7-13/h3-7,11-12,16H,8-10H2,1-2H3,(H,15,17). The molecule has 1 unspecified atom stereocenters. The second-order valence-electron chi connectivity index (χ2n) is 4.69. The van der Waals surface area contributed by atoms with Crippen molar-refractivity contribution < 1.29 is 9.90 Å². The van der Waals surface area contributed by atoms with Crippen LogP contribution in [-0.4, -0.2) is 29.4 Å². The number of nitrogens with one attached hydrogen (secondary N) is 1. The summed E-state index contributed by atoms with van der Waals surface area (Å²) < 4.78 is 0. The number of aliphatic hydroxyl groups is 1. The van der Waals surface area contributed by atoms with Crippen LogP contribution in [0.1, 0.15) is 20.3 Å². The predicted octanol–water partition coefficient (Wildman–Crippen LogP) is 2.30. The Morgan fingerprint density at radius 1 is 1.33 bits per heavy atom. The fourth-order valence-electron chi connectivity index (χ4n) is 1.58. The molecule has 0 saturated heterocycles. The number of carbonyl (C=O) groups excluding carboxylic acids is 1. The minimum Gasteiger partial charge on any atom is -0.391 e. The van der Waals surface area contributed by atoms with Crippen LogP contribution in [-0.2, 0) is 4.79 Å². The maximum Gasteiger partial charge on any atom is 0.230 e. The quantitative estimate of drug-likeness (QED) is 0.745. The zero-order chi connectivity index (χ0) is 13.4. The third-order valence-corrected chi connectivity index (χ3v) is 3.40. The largest absolute Gasteiger partial charge is 0.391 e. The average Bonchev–Trinajstić information content (AvgIpc) is 2.34. The summed E-state index contributed by atoms with van der Waals surface area (Å²) in [6.45, 7) is 4.44. The molecule has 3 nitrogen and oxygen atoms in total. The Labute approximate surface area is 113 Å². The second kappa shape index (κ2) is 8.16. The Kier molecular flexibility index (Phi) is 6.83. The number of hydrogen-bond acceptors (Lipinski definition) is 3. The summed E-state index contributed by atoms with van der Waals surface area (Å²) in [7, 11) is 0. The molecule has 0 saturated carbocycles. The first-order valence-electron chi connectivity index (χ1n) is 6.20. The second-order valence-corrected chi connectivity index (χ2v) is 5.74. The van der Waals surface area contributed by atoms with E-state index in [1.807, 2.05) is 30.3 Å². The van der Waals surface area contributed by atoms with Gasteiger partial charge in [-0.25, -0.2) is 0 Å². The molecule has 1 aromatic rings. The maximum absolute atomic E-state index is 11.6. The number of hydrogen-bond donors (Lipinski definition) is 2. The minimum atomic E-state index is -0.448. The van der Waals surface area contributed by atoms with Crippen LogP contribution in [0, 0.1) is 5.92 Å². The number of amides is 1. The van der Waals surface area contributed by atoms with Crippen molar-refractivity contribution in [3.63, 3.8) is 0 Å². The molecule has 1 aromatic carbocycles. The lowest BCUT2D eigenvalue weighted by Crippen LogP contribution is -2.33. The van der Waals surface area contributed by atoms with E-state index < -0.39 is 6.10 Å². The van der Waals surface area contributed by atoms with Crippen LogP contribution in [0.2, 0.25) is 0 Å². The van der Waals surface area contributed by atoms with Gasteiger partial charge in [-0.3, -0.25) is 4.79 Å².